The lowest BCUT2D eigenvalue weighted by Gasteiger charge is -2.42. The molecule has 0 spiro atoms. The molecule has 5 heteroatoms. The van der Waals surface area contributed by atoms with Crippen molar-refractivity contribution in [1.82, 2.24) is 10.0 Å². The Bertz CT molecular complexity index is 295. The summed E-state index contributed by atoms with van der Waals surface area (Å²) in [4.78, 5) is 0. The van der Waals surface area contributed by atoms with Crippen LogP contribution >= 0.6 is 0 Å². The average Bonchev–Trinajstić information content (AvgIpc) is 2.09. The summed E-state index contributed by atoms with van der Waals surface area (Å²) < 4.78 is 25.9. The van der Waals surface area contributed by atoms with Gasteiger partial charge < -0.3 is 5.32 Å². The van der Waals surface area contributed by atoms with E-state index in [2.05, 4.69) is 10.0 Å². The van der Waals surface area contributed by atoms with Gasteiger partial charge >= 0.3 is 0 Å². The molecule has 0 saturated heterocycles. The number of sulfonamides is 1. The zero-order valence-electron chi connectivity index (χ0n) is 9.84. The van der Waals surface area contributed by atoms with Gasteiger partial charge in [-0.2, -0.15) is 0 Å². The summed E-state index contributed by atoms with van der Waals surface area (Å²) in [5.74, 6) is 0. The maximum absolute atomic E-state index is 11.6. The van der Waals surface area contributed by atoms with Crippen molar-refractivity contribution in [1.29, 1.82) is 0 Å². The lowest BCUT2D eigenvalue weighted by atomic mass is 9.69. The van der Waals surface area contributed by atoms with Crippen LogP contribution < -0.4 is 10.0 Å². The number of rotatable bonds is 6. The largest absolute Gasteiger partial charge is 0.319 e. The molecular weight excluding hydrogens is 212 g/mol. The summed E-state index contributed by atoms with van der Waals surface area (Å²) in [5.41, 5.74) is 0.163. The van der Waals surface area contributed by atoms with Crippen LogP contribution in [0.1, 0.15) is 33.1 Å². The molecule has 1 fully saturated rings. The maximum atomic E-state index is 11.6. The van der Waals surface area contributed by atoms with Crippen LogP contribution in [-0.2, 0) is 10.0 Å². The summed E-state index contributed by atoms with van der Waals surface area (Å²) in [6.07, 6.45) is 3.45. The van der Waals surface area contributed by atoms with E-state index < -0.39 is 10.0 Å². The normalized spacial score (nSPS) is 20.3. The Morgan fingerprint density at radius 2 is 1.87 bits per heavy atom. The molecule has 0 aromatic heterocycles. The van der Waals surface area contributed by atoms with Gasteiger partial charge in [0, 0.05) is 13.1 Å². The molecule has 2 N–H and O–H groups in total. The Labute approximate surface area is 92.9 Å². The Hall–Kier alpha value is -0.130. The molecule has 1 saturated carbocycles. The molecule has 0 bridgehead atoms. The molecule has 1 rings (SSSR count). The molecule has 0 unspecified atom stereocenters. The van der Waals surface area contributed by atoms with Crippen LogP contribution in [0.15, 0.2) is 0 Å². The van der Waals surface area contributed by atoms with Gasteiger partial charge in [-0.3, -0.25) is 0 Å². The van der Waals surface area contributed by atoms with E-state index >= 15 is 0 Å². The van der Waals surface area contributed by atoms with E-state index in [0.29, 0.717) is 6.54 Å². The molecule has 1 aliphatic rings. The Kier molecular flexibility index (Phi) is 4.14. The van der Waals surface area contributed by atoms with Crippen molar-refractivity contribution in [2.45, 2.75) is 38.4 Å². The molecule has 4 nitrogen and oxygen atoms in total. The third kappa shape index (κ3) is 3.16. The highest BCUT2D eigenvalue weighted by molar-refractivity contribution is 7.90. The predicted octanol–water partition coefficient (Wildman–Crippen LogP) is 0.704. The first kappa shape index (κ1) is 12.9. The standard InChI is InChI=1S/C10H22N2O2S/c1-9(2)15(13,14)12-8-10(7-11-3)5-4-6-10/h9,11-12H,4-8H2,1-3H3. The van der Waals surface area contributed by atoms with Gasteiger partial charge in [-0.25, -0.2) is 13.1 Å². The van der Waals surface area contributed by atoms with Crippen molar-refractivity contribution >= 4 is 10.0 Å². The number of hydrogen-bond donors (Lipinski definition) is 2. The van der Waals surface area contributed by atoms with Gasteiger partial charge in [0.05, 0.1) is 5.25 Å². The fourth-order valence-electron chi connectivity index (χ4n) is 1.89. The van der Waals surface area contributed by atoms with Gasteiger partial charge in [-0.1, -0.05) is 6.42 Å². The van der Waals surface area contributed by atoms with Gasteiger partial charge in [0.1, 0.15) is 0 Å². The Morgan fingerprint density at radius 3 is 2.20 bits per heavy atom. The van der Waals surface area contributed by atoms with Crippen molar-refractivity contribution in [3.63, 3.8) is 0 Å². The van der Waals surface area contributed by atoms with Crippen LogP contribution in [0.2, 0.25) is 0 Å². The first-order valence-electron chi connectivity index (χ1n) is 5.55. The minimum absolute atomic E-state index is 0.163. The van der Waals surface area contributed by atoms with Crippen molar-refractivity contribution in [3.05, 3.63) is 0 Å². The van der Waals surface area contributed by atoms with Gasteiger partial charge in [-0.05, 0) is 39.2 Å². The molecule has 1 aliphatic carbocycles. The second kappa shape index (κ2) is 4.80. The topological polar surface area (TPSA) is 58.2 Å². The maximum Gasteiger partial charge on any atom is 0.213 e. The summed E-state index contributed by atoms with van der Waals surface area (Å²) >= 11 is 0. The van der Waals surface area contributed by atoms with E-state index in [1.165, 1.54) is 6.42 Å². The SMILES string of the molecule is CNCC1(CNS(=O)(=O)C(C)C)CCC1. The highest BCUT2D eigenvalue weighted by atomic mass is 32.2. The molecule has 0 radical (unpaired) electrons. The smallest absolute Gasteiger partial charge is 0.213 e. The van der Waals surface area contributed by atoms with Crippen LogP contribution in [0.3, 0.4) is 0 Å². The fourth-order valence-corrected chi connectivity index (χ4v) is 2.73. The van der Waals surface area contributed by atoms with Crippen LogP contribution in [0, 0.1) is 5.41 Å². The van der Waals surface area contributed by atoms with E-state index in [9.17, 15) is 8.42 Å². The highest BCUT2D eigenvalue weighted by Gasteiger charge is 2.37. The summed E-state index contributed by atoms with van der Waals surface area (Å²) in [5, 5.41) is 2.80. The Morgan fingerprint density at radius 1 is 1.27 bits per heavy atom. The molecule has 0 aromatic rings. The van der Waals surface area contributed by atoms with E-state index in [1.807, 2.05) is 7.05 Å². The second-order valence-corrected chi connectivity index (χ2v) is 7.12. The quantitative estimate of drug-likeness (QED) is 0.711. The van der Waals surface area contributed by atoms with Crippen LogP contribution in [0.5, 0.6) is 0 Å². The van der Waals surface area contributed by atoms with E-state index in [0.717, 1.165) is 19.4 Å². The van der Waals surface area contributed by atoms with Gasteiger partial charge in [0.15, 0.2) is 0 Å². The van der Waals surface area contributed by atoms with Gasteiger partial charge in [0.25, 0.3) is 0 Å². The predicted molar refractivity (Wildman–Crippen MR) is 62.3 cm³/mol. The fraction of sp³-hybridized carbons (Fsp3) is 1.00. The number of nitrogens with one attached hydrogen (secondary N) is 2. The van der Waals surface area contributed by atoms with Crippen LogP contribution in [-0.4, -0.2) is 33.8 Å². The summed E-state index contributed by atoms with van der Waals surface area (Å²) in [6, 6.07) is 0. The van der Waals surface area contributed by atoms with E-state index in [4.69, 9.17) is 0 Å². The van der Waals surface area contributed by atoms with Crippen molar-refractivity contribution in [2.24, 2.45) is 5.41 Å². The third-order valence-electron chi connectivity index (χ3n) is 3.23. The first-order valence-corrected chi connectivity index (χ1v) is 7.10. The zero-order chi connectivity index (χ0) is 11.5. The molecule has 0 heterocycles. The zero-order valence-corrected chi connectivity index (χ0v) is 10.7. The average molecular weight is 234 g/mol. The summed E-state index contributed by atoms with van der Waals surface area (Å²) in [7, 11) is -1.19. The van der Waals surface area contributed by atoms with Crippen molar-refractivity contribution in [2.75, 3.05) is 20.1 Å². The van der Waals surface area contributed by atoms with Crippen molar-refractivity contribution < 1.29 is 8.42 Å². The second-order valence-electron chi connectivity index (χ2n) is 4.80. The van der Waals surface area contributed by atoms with Crippen LogP contribution in [0.4, 0.5) is 0 Å². The van der Waals surface area contributed by atoms with Crippen molar-refractivity contribution in [3.8, 4) is 0 Å². The number of hydrogen-bond acceptors (Lipinski definition) is 3. The molecule has 15 heavy (non-hydrogen) atoms. The first-order chi connectivity index (χ1) is 6.92. The van der Waals surface area contributed by atoms with E-state index in [1.54, 1.807) is 13.8 Å². The monoisotopic (exact) mass is 234 g/mol. The molecule has 0 aliphatic heterocycles. The third-order valence-corrected chi connectivity index (χ3v) is 5.02. The minimum atomic E-state index is -3.10. The molecule has 0 aromatic carbocycles. The Balaban J connectivity index is 2.48. The lowest BCUT2D eigenvalue weighted by Crippen LogP contribution is -2.48. The summed E-state index contributed by atoms with van der Waals surface area (Å²) in [6.45, 7) is 4.88. The van der Waals surface area contributed by atoms with Gasteiger partial charge in [-0.15, -0.1) is 0 Å². The minimum Gasteiger partial charge on any atom is -0.319 e. The lowest BCUT2D eigenvalue weighted by molar-refractivity contribution is 0.139. The molecule has 0 atom stereocenters. The van der Waals surface area contributed by atoms with Gasteiger partial charge in [0.2, 0.25) is 10.0 Å². The van der Waals surface area contributed by atoms with E-state index in [-0.39, 0.29) is 10.7 Å². The molecular formula is C10H22N2O2S. The highest BCUT2D eigenvalue weighted by Crippen LogP contribution is 2.39. The van der Waals surface area contributed by atoms with Crippen LogP contribution in [0.25, 0.3) is 0 Å². The molecule has 90 valence electrons. The molecule has 0 amide bonds.